The third kappa shape index (κ3) is 6.54. The minimum absolute atomic E-state index is 0.128. The summed E-state index contributed by atoms with van der Waals surface area (Å²) in [5.41, 5.74) is 6.18. The fraction of sp³-hybridized carbons (Fsp3) is 0.263. The van der Waals surface area contributed by atoms with Crippen LogP contribution in [0.3, 0.4) is 0 Å². The standard InChI is InChI=1S/C19H23N3O4/c20-10-11-21-19(24)16-8-4-5-9-17(16)22-18(23)14-25-12-13-26-15-6-2-1-3-7-15/h1-9H,10-14,20H2,(H,21,24)(H,22,23). The Labute approximate surface area is 152 Å². The van der Waals surface area contributed by atoms with Gasteiger partial charge in [0.15, 0.2) is 0 Å². The molecule has 0 heterocycles. The number of hydrogen-bond acceptors (Lipinski definition) is 5. The average molecular weight is 357 g/mol. The van der Waals surface area contributed by atoms with E-state index < -0.39 is 0 Å². The van der Waals surface area contributed by atoms with Crippen LogP contribution in [0.15, 0.2) is 54.6 Å². The first-order valence-electron chi connectivity index (χ1n) is 8.33. The summed E-state index contributed by atoms with van der Waals surface area (Å²) < 4.78 is 10.8. The van der Waals surface area contributed by atoms with Crippen molar-refractivity contribution in [2.24, 2.45) is 5.73 Å². The van der Waals surface area contributed by atoms with Crippen LogP contribution in [0.5, 0.6) is 5.75 Å². The molecule has 2 aromatic carbocycles. The van der Waals surface area contributed by atoms with E-state index in [0.29, 0.717) is 30.9 Å². The lowest BCUT2D eigenvalue weighted by Gasteiger charge is -2.11. The summed E-state index contributed by atoms with van der Waals surface area (Å²) in [5.74, 6) is 0.116. The number of hydrogen-bond donors (Lipinski definition) is 3. The minimum Gasteiger partial charge on any atom is -0.491 e. The molecule has 0 spiro atoms. The van der Waals surface area contributed by atoms with Crippen molar-refractivity contribution in [2.75, 3.05) is 38.2 Å². The Morgan fingerprint density at radius 1 is 0.962 bits per heavy atom. The number of rotatable bonds is 10. The number of ether oxygens (including phenoxy) is 2. The van der Waals surface area contributed by atoms with Crippen LogP contribution in [0.4, 0.5) is 5.69 Å². The van der Waals surface area contributed by atoms with Crippen LogP contribution < -0.4 is 21.1 Å². The van der Waals surface area contributed by atoms with E-state index in [4.69, 9.17) is 15.2 Å². The van der Waals surface area contributed by atoms with Crippen molar-refractivity contribution in [3.05, 3.63) is 60.2 Å². The molecular weight excluding hydrogens is 334 g/mol. The number of nitrogens with one attached hydrogen (secondary N) is 2. The zero-order valence-electron chi connectivity index (χ0n) is 14.4. The fourth-order valence-corrected chi connectivity index (χ4v) is 2.16. The molecule has 0 saturated heterocycles. The summed E-state index contributed by atoms with van der Waals surface area (Å²) >= 11 is 0. The largest absolute Gasteiger partial charge is 0.491 e. The van der Waals surface area contributed by atoms with Gasteiger partial charge in [-0.1, -0.05) is 30.3 Å². The van der Waals surface area contributed by atoms with Gasteiger partial charge in [0.1, 0.15) is 19.0 Å². The van der Waals surface area contributed by atoms with Gasteiger partial charge in [-0.15, -0.1) is 0 Å². The fourth-order valence-electron chi connectivity index (χ4n) is 2.16. The molecule has 0 saturated carbocycles. The molecule has 0 aliphatic carbocycles. The van der Waals surface area contributed by atoms with Crippen LogP contribution in [0.25, 0.3) is 0 Å². The van der Waals surface area contributed by atoms with Crippen LogP contribution in [0.1, 0.15) is 10.4 Å². The molecule has 2 rings (SSSR count). The van der Waals surface area contributed by atoms with Crippen molar-refractivity contribution in [1.29, 1.82) is 0 Å². The third-order valence-electron chi connectivity index (χ3n) is 3.35. The molecule has 0 fully saturated rings. The first-order chi connectivity index (χ1) is 12.7. The minimum atomic E-state index is -0.344. The van der Waals surface area contributed by atoms with Crippen molar-refractivity contribution in [3.63, 3.8) is 0 Å². The van der Waals surface area contributed by atoms with E-state index in [2.05, 4.69) is 10.6 Å². The maximum absolute atomic E-state index is 12.1. The Kier molecular flexibility index (Phi) is 8.11. The van der Waals surface area contributed by atoms with Crippen LogP contribution in [0.2, 0.25) is 0 Å². The van der Waals surface area contributed by atoms with E-state index >= 15 is 0 Å². The lowest BCUT2D eigenvalue weighted by atomic mass is 10.1. The van der Waals surface area contributed by atoms with Gasteiger partial charge in [0.05, 0.1) is 17.9 Å². The van der Waals surface area contributed by atoms with E-state index in [1.165, 1.54) is 0 Å². The third-order valence-corrected chi connectivity index (χ3v) is 3.35. The van der Waals surface area contributed by atoms with E-state index in [0.717, 1.165) is 5.75 Å². The molecule has 4 N–H and O–H groups in total. The Morgan fingerprint density at radius 3 is 2.46 bits per heavy atom. The molecule has 7 heteroatoms. The van der Waals surface area contributed by atoms with Gasteiger partial charge < -0.3 is 25.8 Å². The predicted octanol–water partition coefficient (Wildman–Crippen LogP) is 1.41. The van der Waals surface area contributed by atoms with Gasteiger partial charge >= 0.3 is 0 Å². The molecule has 0 aliphatic rings. The molecule has 2 aromatic rings. The molecular formula is C19H23N3O4. The molecule has 0 aromatic heterocycles. The molecule has 0 atom stereocenters. The van der Waals surface area contributed by atoms with Crippen molar-refractivity contribution in [1.82, 2.24) is 5.32 Å². The number of amides is 2. The SMILES string of the molecule is NCCNC(=O)c1ccccc1NC(=O)COCCOc1ccccc1. The van der Waals surface area contributed by atoms with E-state index in [-0.39, 0.29) is 25.0 Å². The predicted molar refractivity (Wildman–Crippen MR) is 99.2 cm³/mol. The maximum atomic E-state index is 12.1. The zero-order chi connectivity index (χ0) is 18.6. The smallest absolute Gasteiger partial charge is 0.253 e. The van der Waals surface area contributed by atoms with Crippen LogP contribution in [-0.2, 0) is 9.53 Å². The van der Waals surface area contributed by atoms with Crippen LogP contribution >= 0.6 is 0 Å². The monoisotopic (exact) mass is 357 g/mol. The summed E-state index contributed by atoms with van der Waals surface area (Å²) in [6.07, 6.45) is 0. The van der Waals surface area contributed by atoms with Crippen LogP contribution in [-0.4, -0.2) is 44.7 Å². The molecule has 138 valence electrons. The van der Waals surface area contributed by atoms with Gasteiger partial charge in [-0.3, -0.25) is 9.59 Å². The zero-order valence-corrected chi connectivity index (χ0v) is 14.4. The van der Waals surface area contributed by atoms with Crippen molar-refractivity contribution in [2.45, 2.75) is 0 Å². The second kappa shape index (κ2) is 10.9. The summed E-state index contributed by atoms with van der Waals surface area (Å²) in [6, 6.07) is 16.1. The second-order valence-corrected chi connectivity index (χ2v) is 5.35. The van der Waals surface area contributed by atoms with Crippen molar-refractivity contribution < 1.29 is 19.1 Å². The quantitative estimate of drug-likeness (QED) is 0.558. The number of para-hydroxylation sites is 2. The highest BCUT2D eigenvalue weighted by Gasteiger charge is 2.12. The van der Waals surface area contributed by atoms with Gasteiger partial charge in [0.2, 0.25) is 5.91 Å². The van der Waals surface area contributed by atoms with Gasteiger partial charge in [-0.25, -0.2) is 0 Å². The summed E-state index contributed by atoms with van der Waals surface area (Å²) in [5, 5.41) is 5.35. The number of benzene rings is 2. The van der Waals surface area contributed by atoms with Gasteiger partial charge in [-0.2, -0.15) is 0 Å². The molecule has 0 bridgehead atoms. The summed E-state index contributed by atoms with van der Waals surface area (Å²) in [4.78, 5) is 24.1. The Bertz CT molecular complexity index is 707. The average Bonchev–Trinajstić information content (AvgIpc) is 2.67. The first-order valence-corrected chi connectivity index (χ1v) is 8.33. The molecule has 0 aliphatic heterocycles. The number of carbonyl (C=O) groups excluding carboxylic acids is 2. The Hall–Kier alpha value is -2.90. The Balaban J connectivity index is 1.74. The van der Waals surface area contributed by atoms with Gasteiger partial charge in [0, 0.05) is 13.1 Å². The number of nitrogens with two attached hydrogens (primary N) is 1. The Morgan fingerprint density at radius 2 is 1.69 bits per heavy atom. The molecule has 7 nitrogen and oxygen atoms in total. The van der Waals surface area contributed by atoms with E-state index in [1.54, 1.807) is 24.3 Å². The lowest BCUT2D eigenvalue weighted by Crippen LogP contribution is -2.30. The molecule has 0 radical (unpaired) electrons. The first kappa shape index (κ1) is 19.4. The highest BCUT2D eigenvalue weighted by Crippen LogP contribution is 2.14. The van der Waals surface area contributed by atoms with Crippen LogP contribution in [0, 0.1) is 0 Å². The highest BCUT2D eigenvalue weighted by molar-refractivity contribution is 6.03. The summed E-state index contributed by atoms with van der Waals surface area (Å²) in [6.45, 7) is 1.21. The molecule has 26 heavy (non-hydrogen) atoms. The molecule has 0 unspecified atom stereocenters. The van der Waals surface area contributed by atoms with E-state index in [1.807, 2.05) is 30.3 Å². The number of anilines is 1. The highest BCUT2D eigenvalue weighted by atomic mass is 16.5. The maximum Gasteiger partial charge on any atom is 0.253 e. The van der Waals surface area contributed by atoms with Crippen molar-refractivity contribution >= 4 is 17.5 Å². The second-order valence-electron chi connectivity index (χ2n) is 5.35. The normalized spacial score (nSPS) is 10.2. The number of carbonyl (C=O) groups is 2. The van der Waals surface area contributed by atoms with Gasteiger partial charge in [0.25, 0.3) is 5.91 Å². The summed E-state index contributed by atoms with van der Waals surface area (Å²) in [7, 11) is 0. The van der Waals surface area contributed by atoms with Crippen molar-refractivity contribution in [3.8, 4) is 5.75 Å². The van der Waals surface area contributed by atoms with E-state index in [9.17, 15) is 9.59 Å². The van der Waals surface area contributed by atoms with Gasteiger partial charge in [-0.05, 0) is 24.3 Å². The molecule has 2 amide bonds. The topological polar surface area (TPSA) is 103 Å². The lowest BCUT2D eigenvalue weighted by molar-refractivity contribution is -0.120.